The number of rotatable bonds is 2. The Labute approximate surface area is 125 Å². The molecule has 0 unspecified atom stereocenters. The SMILES string of the molecule is CN(C)C(=O)[C@@H]1C[C@]2(CCCN(c3ncccn3)C2)CO1. The van der Waals surface area contributed by atoms with Crippen molar-refractivity contribution in [2.45, 2.75) is 25.4 Å². The molecule has 2 fully saturated rings. The molecule has 21 heavy (non-hydrogen) atoms. The van der Waals surface area contributed by atoms with Gasteiger partial charge >= 0.3 is 0 Å². The standard InChI is InChI=1S/C15H22N4O2/c1-18(2)13(20)12-9-15(11-21-12)5-3-8-19(10-15)14-16-6-4-7-17-14/h4,6-7,12H,3,5,8-11H2,1-2H3/t12-,15-/m0/s1. The van der Waals surface area contributed by atoms with Gasteiger partial charge in [-0.05, 0) is 25.3 Å². The molecule has 1 aromatic heterocycles. The summed E-state index contributed by atoms with van der Waals surface area (Å²) in [6.07, 6.45) is 6.24. The molecular weight excluding hydrogens is 268 g/mol. The fourth-order valence-electron chi connectivity index (χ4n) is 3.35. The second-order valence-electron chi connectivity index (χ2n) is 6.31. The summed E-state index contributed by atoms with van der Waals surface area (Å²) in [6, 6.07) is 1.83. The van der Waals surface area contributed by atoms with Crippen molar-refractivity contribution in [3.8, 4) is 0 Å². The number of likely N-dealkylation sites (N-methyl/N-ethyl adjacent to an activating group) is 1. The lowest BCUT2D eigenvalue weighted by atomic mass is 9.78. The topological polar surface area (TPSA) is 58.6 Å². The van der Waals surface area contributed by atoms with Gasteiger partial charge in [0.05, 0.1) is 6.61 Å². The van der Waals surface area contributed by atoms with E-state index in [1.165, 1.54) is 0 Å². The lowest BCUT2D eigenvalue weighted by Crippen LogP contribution is -2.45. The van der Waals surface area contributed by atoms with Crippen molar-refractivity contribution in [3.63, 3.8) is 0 Å². The second kappa shape index (κ2) is 5.60. The van der Waals surface area contributed by atoms with E-state index >= 15 is 0 Å². The number of hydrogen-bond donors (Lipinski definition) is 0. The Hall–Kier alpha value is -1.69. The summed E-state index contributed by atoms with van der Waals surface area (Å²) in [7, 11) is 3.56. The number of ether oxygens (including phenoxy) is 1. The van der Waals surface area contributed by atoms with Crippen LogP contribution in [0.5, 0.6) is 0 Å². The normalized spacial score (nSPS) is 28.9. The van der Waals surface area contributed by atoms with Gasteiger partial charge in [0.15, 0.2) is 0 Å². The molecule has 0 aliphatic carbocycles. The van der Waals surface area contributed by atoms with Gasteiger partial charge in [-0.15, -0.1) is 0 Å². The van der Waals surface area contributed by atoms with Gasteiger partial charge < -0.3 is 14.5 Å². The van der Waals surface area contributed by atoms with Crippen molar-refractivity contribution in [3.05, 3.63) is 18.5 Å². The van der Waals surface area contributed by atoms with Crippen molar-refractivity contribution in [1.82, 2.24) is 14.9 Å². The maximum absolute atomic E-state index is 12.1. The van der Waals surface area contributed by atoms with Crippen LogP contribution in [0.15, 0.2) is 18.5 Å². The molecule has 2 saturated heterocycles. The number of piperidine rings is 1. The molecule has 1 spiro atoms. The summed E-state index contributed by atoms with van der Waals surface area (Å²) in [4.78, 5) is 24.6. The van der Waals surface area contributed by atoms with E-state index in [1.807, 2.05) is 6.07 Å². The summed E-state index contributed by atoms with van der Waals surface area (Å²) in [5, 5.41) is 0. The van der Waals surface area contributed by atoms with Crippen LogP contribution in [0.4, 0.5) is 5.95 Å². The summed E-state index contributed by atoms with van der Waals surface area (Å²) in [5.41, 5.74) is 0.0633. The van der Waals surface area contributed by atoms with E-state index in [4.69, 9.17) is 4.74 Å². The molecule has 1 amide bonds. The molecule has 1 aromatic rings. The Kier molecular flexibility index (Phi) is 3.80. The third-order valence-corrected chi connectivity index (χ3v) is 4.42. The molecule has 114 valence electrons. The highest BCUT2D eigenvalue weighted by Gasteiger charge is 2.46. The highest BCUT2D eigenvalue weighted by molar-refractivity contribution is 5.80. The number of carbonyl (C=O) groups is 1. The second-order valence-corrected chi connectivity index (χ2v) is 6.31. The molecular formula is C15H22N4O2. The molecule has 2 aliphatic heterocycles. The van der Waals surface area contributed by atoms with Crippen LogP contribution < -0.4 is 4.90 Å². The van der Waals surface area contributed by atoms with Crippen molar-refractivity contribution in [2.75, 3.05) is 38.7 Å². The molecule has 2 aliphatic rings. The van der Waals surface area contributed by atoms with Gasteiger partial charge in [0.2, 0.25) is 5.95 Å². The minimum absolute atomic E-state index is 0.0633. The third-order valence-electron chi connectivity index (χ3n) is 4.42. The van der Waals surface area contributed by atoms with Crippen LogP contribution in [-0.4, -0.2) is 60.7 Å². The molecule has 6 nitrogen and oxygen atoms in total. The van der Waals surface area contributed by atoms with Crippen LogP contribution in [0.25, 0.3) is 0 Å². The number of amides is 1. The molecule has 2 atom stereocenters. The number of aromatic nitrogens is 2. The van der Waals surface area contributed by atoms with Crippen LogP contribution in [0.3, 0.4) is 0 Å². The monoisotopic (exact) mass is 290 g/mol. The lowest BCUT2D eigenvalue weighted by Gasteiger charge is -2.39. The Morgan fingerprint density at radius 1 is 1.43 bits per heavy atom. The Morgan fingerprint density at radius 2 is 2.19 bits per heavy atom. The minimum Gasteiger partial charge on any atom is -0.368 e. The molecule has 0 N–H and O–H groups in total. The van der Waals surface area contributed by atoms with Crippen LogP contribution in [0, 0.1) is 5.41 Å². The highest BCUT2D eigenvalue weighted by atomic mass is 16.5. The average molecular weight is 290 g/mol. The smallest absolute Gasteiger partial charge is 0.251 e. The minimum atomic E-state index is -0.295. The van der Waals surface area contributed by atoms with Gasteiger partial charge in [-0.25, -0.2) is 9.97 Å². The van der Waals surface area contributed by atoms with Crippen LogP contribution in [0.1, 0.15) is 19.3 Å². The first kappa shape index (κ1) is 14.3. The fourth-order valence-corrected chi connectivity index (χ4v) is 3.35. The average Bonchev–Trinajstić information content (AvgIpc) is 2.90. The van der Waals surface area contributed by atoms with Crippen molar-refractivity contribution < 1.29 is 9.53 Å². The summed E-state index contributed by atoms with van der Waals surface area (Å²) in [6.45, 7) is 2.49. The molecule has 0 saturated carbocycles. The largest absolute Gasteiger partial charge is 0.368 e. The van der Waals surface area contributed by atoms with Gasteiger partial charge in [0.1, 0.15) is 6.10 Å². The Morgan fingerprint density at radius 3 is 2.90 bits per heavy atom. The number of nitrogens with zero attached hydrogens (tertiary/aromatic N) is 4. The first-order valence-corrected chi connectivity index (χ1v) is 7.44. The maximum Gasteiger partial charge on any atom is 0.251 e. The third kappa shape index (κ3) is 2.85. The van der Waals surface area contributed by atoms with Gasteiger partial charge in [0.25, 0.3) is 5.91 Å². The number of hydrogen-bond acceptors (Lipinski definition) is 5. The first-order valence-electron chi connectivity index (χ1n) is 7.44. The van der Waals surface area contributed by atoms with Crippen LogP contribution >= 0.6 is 0 Å². The molecule has 0 bridgehead atoms. The van der Waals surface area contributed by atoms with Gasteiger partial charge in [0, 0.05) is 45.0 Å². The van der Waals surface area contributed by atoms with Gasteiger partial charge in [-0.2, -0.15) is 0 Å². The predicted octanol–water partition coefficient (Wildman–Crippen LogP) is 0.940. The predicted molar refractivity (Wildman–Crippen MR) is 79.0 cm³/mol. The van der Waals surface area contributed by atoms with Gasteiger partial charge in [-0.3, -0.25) is 4.79 Å². The van der Waals surface area contributed by atoms with Crippen LogP contribution in [-0.2, 0) is 9.53 Å². The van der Waals surface area contributed by atoms with Crippen molar-refractivity contribution >= 4 is 11.9 Å². The maximum atomic E-state index is 12.1. The molecule has 3 rings (SSSR count). The fraction of sp³-hybridized carbons (Fsp3) is 0.667. The number of anilines is 1. The summed E-state index contributed by atoms with van der Waals surface area (Å²) < 4.78 is 5.79. The van der Waals surface area contributed by atoms with E-state index in [2.05, 4.69) is 14.9 Å². The number of carbonyl (C=O) groups excluding carboxylic acids is 1. The zero-order valence-corrected chi connectivity index (χ0v) is 12.7. The van der Waals surface area contributed by atoms with Gasteiger partial charge in [-0.1, -0.05) is 0 Å². The molecule has 0 radical (unpaired) electrons. The van der Waals surface area contributed by atoms with Crippen molar-refractivity contribution in [2.24, 2.45) is 5.41 Å². The molecule has 0 aromatic carbocycles. The quantitative estimate of drug-likeness (QED) is 0.811. The van der Waals surface area contributed by atoms with E-state index in [1.54, 1.807) is 31.4 Å². The van der Waals surface area contributed by atoms with E-state index < -0.39 is 0 Å². The van der Waals surface area contributed by atoms with Crippen molar-refractivity contribution in [1.29, 1.82) is 0 Å². The van der Waals surface area contributed by atoms with E-state index in [9.17, 15) is 4.79 Å². The van der Waals surface area contributed by atoms with E-state index in [0.717, 1.165) is 38.3 Å². The molecule has 6 heteroatoms. The Bertz CT molecular complexity index is 508. The highest BCUT2D eigenvalue weighted by Crippen LogP contribution is 2.41. The summed E-state index contributed by atoms with van der Waals surface area (Å²) >= 11 is 0. The summed E-state index contributed by atoms with van der Waals surface area (Å²) in [5.74, 6) is 0.846. The Balaban J connectivity index is 1.70. The van der Waals surface area contributed by atoms with E-state index in [-0.39, 0.29) is 17.4 Å². The lowest BCUT2D eigenvalue weighted by molar-refractivity contribution is -0.138. The zero-order valence-electron chi connectivity index (χ0n) is 12.7. The molecule has 3 heterocycles. The first-order chi connectivity index (χ1) is 10.1. The van der Waals surface area contributed by atoms with E-state index in [0.29, 0.717) is 6.61 Å². The zero-order chi connectivity index (χ0) is 14.9. The van der Waals surface area contributed by atoms with Crippen LogP contribution in [0.2, 0.25) is 0 Å².